The van der Waals surface area contributed by atoms with Crippen molar-refractivity contribution in [3.05, 3.63) is 28.8 Å². The van der Waals surface area contributed by atoms with Crippen LogP contribution < -0.4 is 4.72 Å². The third-order valence-electron chi connectivity index (χ3n) is 2.46. The van der Waals surface area contributed by atoms with Crippen molar-refractivity contribution in [3.63, 3.8) is 0 Å². The van der Waals surface area contributed by atoms with E-state index in [2.05, 4.69) is 0 Å². The molecule has 0 saturated heterocycles. The van der Waals surface area contributed by atoms with Crippen molar-refractivity contribution in [2.75, 3.05) is 0 Å². The minimum absolute atomic E-state index is 0.293. The Kier molecular flexibility index (Phi) is 4.62. The second-order valence-corrected chi connectivity index (χ2v) is 6.76. The van der Waals surface area contributed by atoms with E-state index in [4.69, 9.17) is 16.7 Å². The van der Waals surface area contributed by atoms with Crippen LogP contribution in [0.25, 0.3) is 0 Å². The first-order valence-electron chi connectivity index (χ1n) is 5.41. The van der Waals surface area contributed by atoms with Crippen LogP contribution in [0, 0.1) is 0 Å². The van der Waals surface area contributed by atoms with Crippen molar-refractivity contribution >= 4 is 27.6 Å². The van der Waals surface area contributed by atoms with E-state index in [9.17, 15) is 26.4 Å². The number of hydrogen-bond donors (Lipinski definition) is 2. The predicted molar refractivity (Wildman–Crippen MR) is 68.5 cm³/mol. The van der Waals surface area contributed by atoms with E-state index in [1.807, 2.05) is 0 Å². The number of carboxylic acids is 1. The van der Waals surface area contributed by atoms with Crippen molar-refractivity contribution in [1.82, 2.24) is 4.72 Å². The summed E-state index contributed by atoms with van der Waals surface area (Å²) < 4.78 is 64.4. The molecule has 0 fully saturated rings. The summed E-state index contributed by atoms with van der Waals surface area (Å²) in [5, 5.41) is 8.56. The van der Waals surface area contributed by atoms with Gasteiger partial charge in [-0.3, -0.25) is 4.79 Å². The Balaban J connectivity index is 3.43. The van der Waals surface area contributed by atoms with Gasteiger partial charge in [-0.1, -0.05) is 11.6 Å². The summed E-state index contributed by atoms with van der Waals surface area (Å²) in [6, 6.07) is 2.11. The lowest BCUT2D eigenvalue weighted by Crippen LogP contribution is -2.49. The quantitative estimate of drug-likeness (QED) is 0.878. The summed E-state index contributed by atoms with van der Waals surface area (Å²) in [6.07, 6.45) is -4.96. The summed E-state index contributed by atoms with van der Waals surface area (Å²) >= 11 is 5.45. The molecular formula is C11H11ClF3NO4S. The van der Waals surface area contributed by atoms with Gasteiger partial charge in [0.1, 0.15) is 5.54 Å². The standard InChI is InChI=1S/C11H11ClF3NO4S/c1-10(2,9(17)18)16-21(19,20)8-4-3-6(12)5-7(8)11(13,14)15/h3-5,16H,1-2H3,(H,17,18). The maximum atomic E-state index is 12.9. The summed E-state index contributed by atoms with van der Waals surface area (Å²) in [4.78, 5) is 9.81. The summed E-state index contributed by atoms with van der Waals surface area (Å²) in [7, 11) is -4.70. The number of carboxylic acid groups (broad SMARTS) is 1. The highest BCUT2D eigenvalue weighted by Crippen LogP contribution is 2.36. The molecule has 0 aliphatic carbocycles. The number of sulfonamides is 1. The van der Waals surface area contributed by atoms with Crippen LogP contribution in [-0.2, 0) is 21.0 Å². The van der Waals surface area contributed by atoms with Gasteiger partial charge >= 0.3 is 12.1 Å². The Hall–Kier alpha value is -1.32. The van der Waals surface area contributed by atoms with Crippen molar-refractivity contribution in [1.29, 1.82) is 0 Å². The molecule has 0 saturated carbocycles. The van der Waals surface area contributed by atoms with Gasteiger partial charge in [-0.05, 0) is 32.0 Å². The molecule has 21 heavy (non-hydrogen) atoms. The van der Waals surface area contributed by atoms with E-state index in [-0.39, 0.29) is 5.02 Å². The smallest absolute Gasteiger partial charge is 0.417 e. The fourth-order valence-corrected chi connectivity index (χ4v) is 3.15. The number of nitrogens with one attached hydrogen (secondary N) is 1. The third kappa shape index (κ3) is 4.08. The molecule has 0 radical (unpaired) electrons. The zero-order valence-corrected chi connectivity index (χ0v) is 12.4. The van der Waals surface area contributed by atoms with Crippen LogP contribution in [0.5, 0.6) is 0 Å². The van der Waals surface area contributed by atoms with Gasteiger partial charge in [-0.15, -0.1) is 0 Å². The van der Waals surface area contributed by atoms with Crippen LogP contribution in [0.3, 0.4) is 0 Å². The van der Waals surface area contributed by atoms with Gasteiger partial charge < -0.3 is 5.11 Å². The second kappa shape index (κ2) is 5.47. The summed E-state index contributed by atoms with van der Waals surface area (Å²) in [5.41, 5.74) is -3.44. The maximum Gasteiger partial charge on any atom is 0.417 e. The van der Waals surface area contributed by atoms with E-state index in [1.165, 1.54) is 0 Å². The Morgan fingerprint density at radius 3 is 2.24 bits per heavy atom. The van der Waals surface area contributed by atoms with E-state index in [0.717, 1.165) is 19.9 Å². The molecule has 0 aliphatic rings. The average molecular weight is 346 g/mol. The Morgan fingerprint density at radius 2 is 1.81 bits per heavy atom. The molecule has 2 N–H and O–H groups in total. The number of rotatable bonds is 4. The highest BCUT2D eigenvalue weighted by atomic mass is 35.5. The zero-order valence-electron chi connectivity index (χ0n) is 10.8. The van der Waals surface area contributed by atoms with Crippen LogP contribution in [0.2, 0.25) is 5.02 Å². The highest BCUT2D eigenvalue weighted by molar-refractivity contribution is 7.89. The van der Waals surface area contributed by atoms with Crippen LogP contribution in [0.1, 0.15) is 19.4 Å². The van der Waals surface area contributed by atoms with Crippen molar-refractivity contribution < 1.29 is 31.5 Å². The van der Waals surface area contributed by atoms with Gasteiger partial charge in [0.25, 0.3) is 0 Å². The van der Waals surface area contributed by atoms with Gasteiger partial charge in [0.15, 0.2) is 0 Å². The Morgan fingerprint density at radius 1 is 1.29 bits per heavy atom. The van der Waals surface area contributed by atoms with Gasteiger partial charge in [-0.2, -0.15) is 17.9 Å². The minimum atomic E-state index is -4.96. The Labute approximate surface area is 123 Å². The van der Waals surface area contributed by atoms with E-state index >= 15 is 0 Å². The maximum absolute atomic E-state index is 12.9. The fourth-order valence-electron chi connectivity index (χ4n) is 1.39. The lowest BCUT2D eigenvalue weighted by Gasteiger charge is -2.22. The molecule has 0 amide bonds. The topological polar surface area (TPSA) is 83.5 Å². The molecule has 118 valence electrons. The van der Waals surface area contributed by atoms with Gasteiger partial charge in [0.2, 0.25) is 10.0 Å². The molecular weight excluding hydrogens is 335 g/mol. The molecule has 5 nitrogen and oxygen atoms in total. The number of carbonyl (C=O) groups is 1. The van der Waals surface area contributed by atoms with Gasteiger partial charge in [0.05, 0.1) is 10.5 Å². The third-order valence-corrected chi connectivity index (χ3v) is 4.41. The molecule has 1 aromatic carbocycles. The van der Waals surface area contributed by atoms with Gasteiger partial charge in [0, 0.05) is 5.02 Å². The number of benzene rings is 1. The average Bonchev–Trinajstić information content (AvgIpc) is 2.25. The SMILES string of the molecule is CC(C)(NS(=O)(=O)c1ccc(Cl)cc1C(F)(F)F)C(=O)O. The molecule has 0 heterocycles. The molecule has 0 aliphatic heterocycles. The van der Waals surface area contributed by atoms with E-state index in [0.29, 0.717) is 12.1 Å². The van der Waals surface area contributed by atoms with Crippen molar-refractivity contribution in [2.45, 2.75) is 30.5 Å². The predicted octanol–water partition coefficient (Wildman–Crippen LogP) is 2.50. The first kappa shape index (κ1) is 17.7. The molecule has 0 spiro atoms. The molecule has 0 atom stereocenters. The fraction of sp³-hybridized carbons (Fsp3) is 0.364. The number of aliphatic carboxylic acids is 1. The van der Waals surface area contributed by atoms with E-state index in [1.54, 1.807) is 4.72 Å². The molecule has 1 aromatic rings. The van der Waals surface area contributed by atoms with Crippen LogP contribution in [0.15, 0.2) is 23.1 Å². The second-order valence-electron chi connectivity index (χ2n) is 4.67. The minimum Gasteiger partial charge on any atom is -0.480 e. The number of halogens is 4. The Bertz CT molecular complexity index is 671. The molecule has 10 heteroatoms. The van der Waals surface area contributed by atoms with Crippen molar-refractivity contribution in [2.24, 2.45) is 0 Å². The largest absolute Gasteiger partial charge is 0.480 e. The summed E-state index contributed by atoms with van der Waals surface area (Å²) in [5.74, 6) is -1.53. The lowest BCUT2D eigenvalue weighted by molar-refractivity contribution is -0.142. The van der Waals surface area contributed by atoms with E-state index < -0.39 is 38.2 Å². The molecule has 0 bridgehead atoms. The van der Waals surface area contributed by atoms with Crippen LogP contribution in [-0.4, -0.2) is 25.0 Å². The van der Waals surface area contributed by atoms with Crippen molar-refractivity contribution in [3.8, 4) is 0 Å². The van der Waals surface area contributed by atoms with Crippen LogP contribution >= 0.6 is 11.6 Å². The highest BCUT2D eigenvalue weighted by Gasteiger charge is 2.40. The molecule has 1 rings (SSSR count). The zero-order chi connectivity index (χ0) is 16.6. The number of hydrogen-bond acceptors (Lipinski definition) is 3. The normalized spacial score (nSPS) is 13.2. The van der Waals surface area contributed by atoms with Crippen LogP contribution in [0.4, 0.5) is 13.2 Å². The van der Waals surface area contributed by atoms with Gasteiger partial charge in [-0.25, -0.2) is 8.42 Å². The summed E-state index contributed by atoms with van der Waals surface area (Å²) in [6.45, 7) is 2.02. The first-order valence-corrected chi connectivity index (χ1v) is 7.27. The number of alkyl halides is 3. The lowest BCUT2D eigenvalue weighted by atomic mass is 10.1. The molecule has 0 aromatic heterocycles. The monoisotopic (exact) mass is 345 g/mol. The first-order chi connectivity index (χ1) is 9.27. The molecule has 0 unspecified atom stereocenters.